The molecule has 1 N–H and O–H groups in total. The Morgan fingerprint density at radius 3 is 2.57 bits per heavy atom. The number of hydrogen-bond acceptors (Lipinski definition) is 1. The first-order valence-corrected chi connectivity index (χ1v) is 7.99. The van der Waals surface area contributed by atoms with Gasteiger partial charge in [-0.15, -0.1) is 0 Å². The second-order valence-electron chi connectivity index (χ2n) is 6.05. The SMILES string of the molecule is Cc1ccc(CNC(=O)N2CCC[C@H]2c2ccc(F)cc2)cc1. The predicted molar refractivity (Wildman–Crippen MR) is 88.5 cm³/mol. The highest BCUT2D eigenvalue weighted by molar-refractivity contribution is 5.75. The molecule has 2 amide bonds. The van der Waals surface area contributed by atoms with E-state index < -0.39 is 0 Å². The van der Waals surface area contributed by atoms with Gasteiger partial charge in [0.1, 0.15) is 5.82 Å². The summed E-state index contributed by atoms with van der Waals surface area (Å²) >= 11 is 0. The topological polar surface area (TPSA) is 32.3 Å². The molecule has 2 aromatic carbocycles. The monoisotopic (exact) mass is 312 g/mol. The molecule has 2 aromatic rings. The van der Waals surface area contributed by atoms with Crippen LogP contribution >= 0.6 is 0 Å². The lowest BCUT2D eigenvalue weighted by Gasteiger charge is -2.25. The van der Waals surface area contributed by atoms with Crippen LogP contribution in [0.3, 0.4) is 0 Å². The molecular formula is C19H21FN2O. The van der Waals surface area contributed by atoms with E-state index in [1.165, 1.54) is 17.7 Å². The molecule has 3 rings (SSSR count). The third-order valence-electron chi connectivity index (χ3n) is 4.33. The Balaban J connectivity index is 1.63. The number of benzene rings is 2. The molecule has 4 heteroatoms. The van der Waals surface area contributed by atoms with Crippen molar-refractivity contribution >= 4 is 6.03 Å². The zero-order valence-corrected chi connectivity index (χ0v) is 13.3. The summed E-state index contributed by atoms with van der Waals surface area (Å²) in [6, 6.07) is 14.6. The summed E-state index contributed by atoms with van der Waals surface area (Å²) in [5.74, 6) is -0.248. The van der Waals surface area contributed by atoms with E-state index in [1.54, 1.807) is 12.1 Å². The average Bonchev–Trinajstić information content (AvgIpc) is 3.04. The van der Waals surface area contributed by atoms with Crippen molar-refractivity contribution in [2.24, 2.45) is 0 Å². The fourth-order valence-corrected chi connectivity index (χ4v) is 3.03. The number of halogens is 1. The molecule has 0 spiro atoms. The molecule has 23 heavy (non-hydrogen) atoms. The smallest absolute Gasteiger partial charge is 0.318 e. The number of amides is 2. The molecule has 0 bridgehead atoms. The molecule has 1 aliphatic heterocycles. The van der Waals surface area contributed by atoms with E-state index in [4.69, 9.17) is 0 Å². The van der Waals surface area contributed by atoms with E-state index in [2.05, 4.69) is 5.32 Å². The minimum atomic E-state index is -0.248. The van der Waals surface area contributed by atoms with Gasteiger partial charge in [0.25, 0.3) is 0 Å². The van der Waals surface area contributed by atoms with Crippen LogP contribution in [0.1, 0.15) is 35.6 Å². The molecule has 3 nitrogen and oxygen atoms in total. The van der Waals surface area contributed by atoms with Crippen LogP contribution in [0.25, 0.3) is 0 Å². The maximum absolute atomic E-state index is 13.1. The molecule has 1 fully saturated rings. The molecule has 0 aliphatic carbocycles. The van der Waals surface area contributed by atoms with Crippen LogP contribution in [-0.4, -0.2) is 17.5 Å². The Kier molecular flexibility index (Phi) is 4.60. The Labute approximate surface area is 136 Å². The van der Waals surface area contributed by atoms with Crippen LogP contribution in [0, 0.1) is 12.7 Å². The Bertz CT molecular complexity index is 667. The molecule has 120 valence electrons. The van der Waals surface area contributed by atoms with Crippen LogP contribution in [-0.2, 0) is 6.54 Å². The van der Waals surface area contributed by atoms with Gasteiger partial charge in [0.2, 0.25) is 0 Å². The number of hydrogen-bond donors (Lipinski definition) is 1. The second kappa shape index (κ2) is 6.82. The highest BCUT2D eigenvalue weighted by atomic mass is 19.1. The predicted octanol–water partition coefficient (Wildman–Crippen LogP) is 4.18. The number of carbonyl (C=O) groups excluding carboxylic acids is 1. The van der Waals surface area contributed by atoms with Crippen molar-refractivity contribution in [1.29, 1.82) is 0 Å². The summed E-state index contributed by atoms with van der Waals surface area (Å²) in [5, 5.41) is 2.98. The van der Waals surface area contributed by atoms with Crippen molar-refractivity contribution in [3.05, 3.63) is 71.0 Å². The molecule has 1 aliphatic rings. The Hall–Kier alpha value is -2.36. The zero-order valence-electron chi connectivity index (χ0n) is 13.3. The normalized spacial score (nSPS) is 17.3. The Morgan fingerprint density at radius 2 is 1.87 bits per heavy atom. The van der Waals surface area contributed by atoms with Crippen molar-refractivity contribution in [2.45, 2.75) is 32.4 Å². The van der Waals surface area contributed by atoms with Gasteiger partial charge in [-0.25, -0.2) is 9.18 Å². The van der Waals surface area contributed by atoms with Crippen molar-refractivity contribution in [3.8, 4) is 0 Å². The van der Waals surface area contributed by atoms with Gasteiger partial charge in [-0.2, -0.15) is 0 Å². The lowest BCUT2D eigenvalue weighted by molar-refractivity contribution is 0.192. The van der Waals surface area contributed by atoms with Gasteiger partial charge < -0.3 is 10.2 Å². The molecule has 0 aromatic heterocycles. The van der Waals surface area contributed by atoms with Crippen LogP contribution in [0.4, 0.5) is 9.18 Å². The minimum Gasteiger partial charge on any atom is -0.334 e. The molecule has 1 saturated heterocycles. The maximum Gasteiger partial charge on any atom is 0.318 e. The summed E-state index contributed by atoms with van der Waals surface area (Å²) in [6.45, 7) is 3.30. The van der Waals surface area contributed by atoms with Gasteiger partial charge >= 0.3 is 6.03 Å². The average molecular weight is 312 g/mol. The summed E-state index contributed by atoms with van der Waals surface area (Å²) in [4.78, 5) is 14.3. The van der Waals surface area contributed by atoms with Gasteiger partial charge in [0, 0.05) is 13.1 Å². The summed E-state index contributed by atoms with van der Waals surface area (Å²) < 4.78 is 13.1. The van der Waals surface area contributed by atoms with E-state index in [-0.39, 0.29) is 17.9 Å². The van der Waals surface area contributed by atoms with E-state index in [9.17, 15) is 9.18 Å². The zero-order chi connectivity index (χ0) is 16.2. The van der Waals surface area contributed by atoms with Crippen LogP contribution in [0.2, 0.25) is 0 Å². The minimum absolute atomic E-state index is 0.0358. The fourth-order valence-electron chi connectivity index (χ4n) is 3.03. The van der Waals surface area contributed by atoms with E-state index in [0.717, 1.165) is 30.5 Å². The number of nitrogens with one attached hydrogen (secondary N) is 1. The number of rotatable bonds is 3. The third-order valence-corrected chi connectivity index (χ3v) is 4.33. The number of aryl methyl sites for hydroxylation is 1. The van der Waals surface area contributed by atoms with E-state index in [1.807, 2.05) is 36.1 Å². The second-order valence-corrected chi connectivity index (χ2v) is 6.05. The highest BCUT2D eigenvalue weighted by Gasteiger charge is 2.29. The van der Waals surface area contributed by atoms with Gasteiger partial charge in [0.05, 0.1) is 6.04 Å². The quantitative estimate of drug-likeness (QED) is 0.906. The van der Waals surface area contributed by atoms with Crippen molar-refractivity contribution in [1.82, 2.24) is 10.2 Å². The molecule has 1 heterocycles. The third kappa shape index (κ3) is 3.70. The summed E-state index contributed by atoms with van der Waals surface area (Å²) in [5.41, 5.74) is 3.28. The van der Waals surface area contributed by atoms with Gasteiger partial charge in [0.15, 0.2) is 0 Å². The van der Waals surface area contributed by atoms with Crippen LogP contribution in [0.15, 0.2) is 48.5 Å². The first kappa shape index (κ1) is 15.5. The summed E-state index contributed by atoms with van der Waals surface area (Å²) in [7, 11) is 0. The van der Waals surface area contributed by atoms with Gasteiger partial charge in [-0.3, -0.25) is 0 Å². The van der Waals surface area contributed by atoms with Crippen molar-refractivity contribution in [2.75, 3.05) is 6.54 Å². The number of urea groups is 1. The van der Waals surface area contributed by atoms with Gasteiger partial charge in [-0.05, 0) is 43.0 Å². The Morgan fingerprint density at radius 1 is 1.17 bits per heavy atom. The molecular weight excluding hydrogens is 291 g/mol. The number of carbonyl (C=O) groups is 1. The van der Waals surface area contributed by atoms with Crippen molar-refractivity contribution < 1.29 is 9.18 Å². The standard InChI is InChI=1S/C19H21FN2O/c1-14-4-6-15(7-5-14)13-21-19(23)22-12-2-3-18(22)16-8-10-17(20)11-9-16/h4-11,18H,2-3,12-13H2,1H3,(H,21,23)/t18-/m0/s1. The first-order chi connectivity index (χ1) is 11.1. The molecule has 0 unspecified atom stereocenters. The van der Waals surface area contributed by atoms with Crippen LogP contribution in [0.5, 0.6) is 0 Å². The molecule has 1 atom stereocenters. The fraction of sp³-hybridized carbons (Fsp3) is 0.316. The molecule has 0 saturated carbocycles. The maximum atomic E-state index is 13.1. The lowest BCUT2D eigenvalue weighted by Crippen LogP contribution is -2.39. The van der Waals surface area contributed by atoms with E-state index in [0.29, 0.717) is 6.54 Å². The van der Waals surface area contributed by atoms with Crippen LogP contribution < -0.4 is 5.32 Å². The number of nitrogens with zero attached hydrogens (tertiary/aromatic N) is 1. The van der Waals surface area contributed by atoms with Crippen molar-refractivity contribution in [3.63, 3.8) is 0 Å². The van der Waals surface area contributed by atoms with Gasteiger partial charge in [-0.1, -0.05) is 42.0 Å². The number of likely N-dealkylation sites (tertiary alicyclic amines) is 1. The molecule has 0 radical (unpaired) electrons. The lowest BCUT2D eigenvalue weighted by atomic mass is 10.0. The largest absolute Gasteiger partial charge is 0.334 e. The van der Waals surface area contributed by atoms with E-state index >= 15 is 0 Å². The highest BCUT2D eigenvalue weighted by Crippen LogP contribution is 2.31. The first-order valence-electron chi connectivity index (χ1n) is 7.99. The summed E-state index contributed by atoms with van der Waals surface area (Å²) in [6.07, 6.45) is 1.89.